The van der Waals surface area contributed by atoms with Crippen LogP contribution < -0.4 is 10.1 Å². The first-order valence-electron chi connectivity index (χ1n) is 4.90. The van der Waals surface area contributed by atoms with Crippen LogP contribution in [0.4, 0.5) is 8.78 Å². The molecule has 0 aliphatic carbocycles. The second-order valence-electron chi connectivity index (χ2n) is 3.65. The first-order valence-corrected chi connectivity index (χ1v) is 4.90. The molecule has 1 N–H and O–H groups in total. The van der Waals surface area contributed by atoms with Crippen LogP contribution in [-0.2, 0) is 5.92 Å². The van der Waals surface area contributed by atoms with E-state index in [-0.39, 0.29) is 5.56 Å². The largest absolute Gasteiger partial charge is 0.497 e. The van der Waals surface area contributed by atoms with E-state index in [1.165, 1.54) is 19.2 Å². The van der Waals surface area contributed by atoms with E-state index in [0.29, 0.717) is 18.7 Å². The monoisotopic (exact) mass is 213 g/mol. The highest BCUT2D eigenvalue weighted by Gasteiger charge is 2.44. The Hall–Kier alpha value is -1.16. The Kier molecular flexibility index (Phi) is 2.61. The van der Waals surface area contributed by atoms with Crippen LogP contribution in [-0.4, -0.2) is 19.7 Å². The van der Waals surface area contributed by atoms with Crippen LogP contribution in [0, 0.1) is 0 Å². The van der Waals surface area contributed by atoms with Crippen molar-refractivity contribution < 1.29 is 13.5 Å². The highest BCUT2D eigenvalue weighted by Crippen LogP contribution is 2.36. The lowest BCUT2D eigenvalue weighted by atomic mass is 9.94. The van der Waals surface area contributed by atoms with Gasteiger partial charge in [0.25, 0.3) is 5.92 Å². The fourth-order valence-corrected chi connectivity index (χ4v) is 1.63. The zero-order valence-corrected chi connectivity index (χ0v) is 8.47. The van der Waals surface area contributed by atoms with Crippen LogP contribution in [0.5, 0.6) is 5.75 Å². The molecule has 0 spiro atoms. The van der Waals surface area contributed by atoms with Crippen molar-refractivity contribution >= 4 is 0 Å². The molecular formula is C11H13F2NO. The Labute approximate surface area is 87.2 Å². The van der Waals surface area contributed by atoms with E-state index in [2.05, 4.69) is 5.32 Å². The molecule has 0 bridgehead atoms. The van der Waals surface area contributed by atoms with Crippen LogP contribution in [0.15, 0.2) is 24.3 Å². The summed E-state index contributed by atoms with van der Waals surface area (Å²) >= 11 is 0. The standard InChI is InChI=1S/C11H13F2NO/c1-15-9-4-2-3-8(7-9)11(12,13)10-5-6-14-10/h2-4,7,10,14H,5-6H2,1H3. The Balaban J connectivity index is 2.26. The molecule has 1 fully saturated rings. The Morgan fingerprint density at radius 3 is 2.73 bits per heavy atom. The molecule has 82 valence electrons. The first-order chi connectivity index (χ1) is 7.14. The highest BCUT2D eigenvalue weighted by atomic mass is 19.3. The van der Waals surface area contributed by atoms with Gasteiger partial charge in [0.05, 0.1) is 13.2 Å². The van der Waals surface area contributed by atoms with E-state index in [9.17, 15) is 8.78 Å². The average molecular weight is 213 g/mol. The normalized spacial score (nSPS) is 20.9. The quantitative estimate of drug-likeness (QED) is 0.830. The lowest BCUT2D eigenvalue weighted by Crippen LogP contribution is -2.53. The minimum absolute atomic E-state index is 0.0130. The SMILES string of the molecule is COc1cccc(C(F)(F)C2CCN2)c1. The average Bonchev–Trinajstić information content (AvgIpc) is 2.14. The number of benzene rings is 1. The molecule has 0 amide bonds. The molecule has 0 radical (unpaired) electrons. The van der Waals surface area contributed by atoms with E-state index < -0.39 is 12.0 Å². The predicted molar refractivity (Wildman–Crippen MR) is 53.3 cm³/mol. The van der Waals surface area contributed by atoms with Gasteiger partial charge in [-0.2, -0.15) is 8.78 Å². The minimum Gasteiger partial charge on any atom is -0.497 e. The molecular weight excluding hydrogens is 200 g/mol. The molecule has 1 unspecified atom stereocenters. The maximum absolute atomic E-state index is 13.8. The molecule has 2 nitrogen and oxygen atoms in total. The summed E-state index contributed by atoms with van der Waals surface area (Å²) in [6.45, 7) is 0.671. The fourth-order valence-electron chi connectivity index (χ4n) is 1.63. The topological polar surface area (TPSA) is 21.3 Å². The van der Waals surface area contributed by atoms with Crippen molar-refractivity contribution in [2.24, 2.45) is 0 Å². The fraction of sp³-hybridized carbons (Fsp3) is 0.455. The number of nitrogens with one attached hydrogen (secondary N) is 1. The van der Waals surface area contributed by atoms with Crippen LogP contribution >= 0.6 is 0 Å². The smallest absolute Gasteiger partial charge is 0.288 e. The molecule has 1 aromatic rings. The van der Waals surface area contributed by atoms with E-state index in [1.807, 2.05) is 0 Å². The maximum Gasteiger partial charge on any atom is 0.288 e. The second kappa shape index (κ2) is 3.77. The van der Waals surface area contributed by atoms with Crippen LogP contribution in [0.1, 0.15) is 12.0 Å². The molecule has 1 aliphatic heterocycles. The van der Waals surface area contributed by atoms with E-state index in [1.54, 1.807) is 12.1 Å². The van der Waals surface area contributed by atoms with Crippen LogP contribution in [0.3, 0.4) is 0 Å². The number of hydrogen-bond donors (Lipinski definition) is 1. The van der Waals surface area contributed by atoms with E-state index in [4.69, 9.17) is 4.74 Å². The van der Waals surface area contributed by atoms with Crippen molar-refractivity contribution in [3.63, 3.8) is 0 Å². The van der Waals surface area contributed by atoms with Gasteiger partial charge >= 0.3 is 0 Å². The number of ether oxygens (including phenoxy) is 1. The zero-order valence-electron chi connectivity index (χ0n) is 8.47. The molecule has 0 saturated carbocycles. The van der Waals surface area contributed by atoms with Crippen LogP contribution in [0.2, 0.25) is 0 Å². The van der Waals surface area contributed by atoms with Crippen molar-refractivity contribution in [2.45, 2.75) is 18.4 Å². The summed E-state index contributed by atoms with van der Waals surface area (Å²) < 4.78 is 32.5. The van der Waals surface area contributed by atoms with Crippen LogP contribution in [0.25, 0.3) is 0 Å². The third-order valence-electron chi connectivity index (χ3n) is 2.72. The van der Waals surface area contributed by atoms with Gasteiger partial charge in [0.1, 0.15) is 5.75 Å². The van der Waals surface area contributed by atoms with Crippen molar-refractivity contribution in [3.8, 4) is 5.75 Å². The van der Waals surface area contributed by atoms with Gasteiger partial charge in [-0.25, -0.2) is 0 Å². The molecule has 2 rings (SSSR count). The molecule has 1 heterocycles. The zero-order chi connectivity index (χ0) is 10.9. The van der Waals surface area contributed by atoms with Gasteiger partial charge in [0.15, 0.2) is 0 Å². The number of halogens is 2. The summed E-state index contributed by atoms with van der Waals surface area (Å²) in [7, 11) is 1.47. The summed E-state index contributed by atoms with van der Waals surface area (Å²) in [5, 5.41) is 2.73. The third kappa shape index (κ3) is 1.81. The molecule has 1 aromatic carbocycles. The molecule has 1 saturated heterocycles. The van der Waals surface area contributed by atoms with Gasteiger partial charge in [-0.1, -0.05) is 12.1 Å². The Bertz CT molecular complexity index is 350. The van der Waals surface area contributed by atoms with Gasteiger partial charge in [0.2, 0.25) is 0 Å². The lowest BCUT2D eigenvalue weighted by molar-refractivity contribution is -0.0647. The molecule has 0 aromatic heterocycles. The van der Waals surface area contributed by atoms with E-state index in [0.717, 1.165) is 0 Å². The lowest BCUT2D eigenvalue weighted by Gasteiger charge is -2.35. The van der Waals surface area contributed by atoms with Gasteiger partial charge in [-0.05, 0) is 25.1 Å². The number of methoxy groups -OCH3 is 1. The van der Waals surface area contributed by atoms with Crippen molar-refractivity contribution in [3.05, 3.63) is 29.8 Å². The minimum atomic E-state index is -2.81. The van der Waals surface area contributed by atoms with E-state index >= 15 is 0 Å². The van der Waals surface area contributed by atoms with Gasteiger partial charge in [-0.3, -0.25) is 0 Å². The van der Waals surface area contributed by atoms with Crippen molar-refractivity contribution in [2.75, 3.05) is 13.7 Å². The molecule has 1 atom stereocenters. The highest BCUT2D eigenvalue weighted by molar-refractivity contribution is 5.32. The Morgan fingerprint density at radius 2 is 2.20 bits per heavy atom. The summed E-state index contributed by atoms with van der Waals surface area (Å²) in [6.07, 6.45) is 0.518. The molecule has 1 aliphatic rings. The molecule has 15 heavy (non-hydrogen) atoms. The summed E-state index contributed by atoms with van der Waals surface area (Å²) in [6, 6.07) is 5.33. The van der Waals surface area contributed by atoms with Gasteiger partial charge in [-0.15, -0.1) is 0 Å². The van der Waals surface area contributed by atoms with Crippen molar-refractivity contribution in [1.29, 1.82) is 0 Å². The van der Waals surface area contributed by atoms with Gasteiger partial charge in [0, 0.05) is 5.56 Å². The summed E-state index contributed by atoms with van der Waals surface area (Å²) in [5.74, 6) is -2.35. The van der Waals surface area contributed by atoms with Crippen molar-refractivity contribution in [1.82, 2.24) is 5.32 Å². The second-order valence-corrected chi connectivity index (χ2v) is 3.65. The number of rotatable bonds is 3. The maximum atomic E-state index is 13.8. The predicted octanol–water partition coefficient (Wildman–Crippen LogP) is 2.15. The summed E-state index contributed by atoms with van der Waals surface area (Å²) in [4.78, 5) is 0. The Morgan fingerprint density at radius 1 is 1.47 bits per heavy atom. The summed E-state index contributed by atoms with van der Waals surface area (Å²) in [5.41, 5.74) is 0.0130. The number of hydrogen-bond acceptors (Lipinski definition) is 2. The number of alkyl halides is 2. The third-order valence-corrected chi connectivity index (χ3v) is 2.72. The molecule has 4 heteroatoms. The first kappa shape index (κ1) is 10.4. The van der Waals surface area contributed by atoms with Gasteiger partial charge < -0.3 is 10.1 Å².